The van der Waals surface area contributed by atoms with Crippen molar-refractivity contribution in [1.29, 1.82) is 0 Å². The standard InChI is InChI=1S/C29H32ClFN6O7/c1-5-40-26(38)29(27(39)41-6-2,12-17-7-9-18(10-8-17)21-15(3)36-44-16(21)4)42-13-19-11-20(31)25(43-19)37-14-33-22-23(32)34-28(30)35-24(22)37/h7-10,14,19-20,25H,5-6,11-13H2,1-4H3,(H2,32,34,35). The van der Waals surface area contributed by atoms with Crippen molar-refractivity contribution in [2.24, 2.45) is 0 Å². The largest absolute Gasteiger partial charge is 0.463 e. The second kappa shape index (κ2) is 12.8. The zero-order valence-corrected chi connectivity index (χ0v) is 25.3. The van der Waals surface area contributed by atoms with Gasteiger partial charge in [0.1, 0.15) is 17.4 Å². The van der Waals surface area contributed by atoms with Crippen molar-refractivity contribution in [3.63, 3.8) is 0 Å². The van der Waals surface area contributed by atoms with Gasteiger partial charge in [-0.15, -0.1) is 0 Å². The van der Waals surface area contributed by atoms with Crippen LogP contribution in [0, 0.1) is 13.8 Å². The Morgan fingerprint density at radius 2 is 1.82 bits per heavy atom. The Kier molecular flexibility index (Phi) is 9.13. The number of imidazole rings is 1. The fourth-order valence-corrected chi connectivity index (χ4v) is 5.42. The fourth-order valence-electron chi connectivity index (χ4n) is 5.25. The third-order valence-corrected chi connectivity index (χ3v) is 7.45. The molecule has 0 radical (unpaired) electrons. The van der Waals surface area contributed by atoms with Crippen LogP contribution in [0.3, 0.4) is 0 Å². The van der Waals surface area contributed by atoms with Crippen LogP contribution in [0.15, 0.2) is 35.1 Å². The van der Waals surface area contributed by atoms with E-state index in [9.17, 15) is 9.59 Å². The van der Waals surface area contributed by atoms with Gasteiger partial charge < -0.3 is 29.2 Å². The van der Waals surface area contributed by atoms with Crippen LogP contribution in [-0.2, 0) is 35.0 Å². The van der Waals surface area contributed by atoms with Gasteiger partial charge in [-0.25, -0.2) is 19.0 Å². The molecule has 3 atom stereocenters. The number of carbonyl (C=O) groups is 2. The van der Waals surface area contributed by atoms with Gasteiger partial charge in [0.2, 0.25) is 5.28 Å². The van der Waals surface area contributed by atoms with Gasteiger partial charge in [0, 0.05) is 18.4 Å². The summed E-state index contributed by atoms with van der Waals surface area (Å²) in [4.78, 5) is 39.0. The number of rotatable bonds is 11. The van der Waals surface area contributed by atoms with E-state index in [0.717, 1.165) is 16.8 Å². The molecule has 15 heteroatoms. The molecule has 1 fully saturated rings. The van der Waals surface area contributed by atoms with E-state index in [1.807, 2.05) is 26.0 Å². The maximum atomic E-state index is 15.3. The first-order valence-electron chi connectivity index (χ1n) is 14.0. The van der Waals surface area contributed by atoms with Gasteiger partial charge in [-0.3, -0.25) is 4.57 Å². The van der Waals surface area contributed by atoms with Gasteiger partial charge in [-0.1, -0.05) is 29.4 Å². The van der Waals surface area contributed by atoms with Crippen molar-refractivity contribution in [1.82, 2.24) is 24.7 Å². The number of hydrogen-bond donors (Lipinski definition) is 1. The van der Waals surface area contributed by atoms with Crippen LogP contribution in [0.4, 0.5) is 10.2 Å². The third-order valence-electron chi connectivity index (χ3n) is 7.28. The van der Waals surface area contributed by atoms with Crippen molar-refractivity contribution in [2.75, 3.05) is 25.6 Å². The highest BCUT2D eigenvalue weighted by atomic mass is 35.5. The summed E-state index contributed by atoms with van der Waals surface area (Å²) < 4.78 is 44.6. The van der Waals surface area contributed by atoms with Crippen LogP contribution in [0.2, 0.25) is 5.28 Å². The van der Waals surface area contributed by atoms with Gasteiger partial charge in [-0.2, -0.15) is 9.97 Å². The smallest absolute Gasteiger partial charge is 0.350 e. The second-order valence-electron chi connectivity index (χ2n) is 10.3. The van der Waals surface area contributed by atoms with E-state index in [0.29, 0.717) is 11.3 Å². The summed E-state index contributed by atoms with van der Waals surface area (Å²) in [6, 6.07) is 7.19. The summed E-state index contributed by atoms with van der Waals surface area (Å²) in [6.07, 6.45) is -2.48. The minimum atomic E-state index is -2.18. The number of ether oxygens (including phenoxy) is 4. The molecule has 1 saturated heterocycles. The molecule has 3 unspecified atom stereocenters. The quantitative estimate of drug-likeness (QED) is 0.143. The Labute approximate surface area is 256 Å². The zero-order valence-electron chi connectivity index (χ0n) is 24.6. The number of halogens is 2. The van der Waals surface area contributed by atoms with Crippen molar-refractivity contribution >= 4 is 40.5 Å². The van der Waals surface area contributed by atoms with Crippen LogP contribution < -0.4 is 5.73 Å². The number of nitrogens with two attached hydrogens (primary N) is 1. The Hall–Kier alpha value is -4.14. The van der Waals surface area contributed by atoms with Crippen molar-refractivity contribution in [3.05, 3.63) is 52.9 Å². The number of nitrogen functional groups attached to an aromatic ring is 1. The molecule has 234 valence electrons. The van der Waals surface area contributed by atoms with E-state index in [4.69, 9.17) is 40.8 Å². The van der Waals surface area contributed by atoms with E-state index in [2.05, 4.69) is 20.1 Å². The molecular formula is C29H32ClFN6O7. The molecule has 44 heavy (non-hydrogen) atoms. The summed E-state index contributed by atoms with van der Waals surface area (Å²) in [5.74, 6) is -1.15. The van der Waals surface area contributed by atoms with Gasteiger partial charge in [0.05, 0.1) is 37.9 Å². The summed E-state index contributed by atoms with van der Waals surface area (Å²) in [5, 5.41) is 3.87. The molecule has 1 aliphatic rings. The first kappa shape index (κ1) is 31.3. The minimum Gasteiger partial charge on any atom is -0.463 e. The van der Waals surface area contributed by atoms with Crippen LogP contribution >= 0.6 is 11.6 Å². The summed E-state index contributed by atoms with van der Waals surface area (Å²) >= 11 is 5.96. The third kappa shape index (κ3) is 5.97. The summed E-state index contributed by atoms with van der Waals surface area (Å²) in [6.45, 7) is 6.54. The number of nitrogens with zero attached hydrogens (tertiary/aromatic N) is 5. The first-order chi connectivity index (χ1) is 21.1. The molecule has 1 aliphatic heterocycles. The number of esters is 2. The number of carbonyl (C=O) groups excluding carboxylic acids is 2. The van der Waals surface area contributed by atoms with Crippen LogP contribution in [0.25, 0.3) is 22.3 Å². The number of aromatic nitrogens is 5. The average molecular weight is 631 g/mol. The minimum absolute atomic E-state index is 0.00978. The number of anilines is 1. The summed E-state index contributed by atoms with van der Waals surface area (Å²) in [5.41, 5.74) is 7.17. The topological polar surface area (TPSA) is 167 Å². The predicted molar refractivity (Wildman–Crippen MR) is 155 cm³/mol. The molecular weight excluding hydrogens is 599 g/mol. The molecule has 13 nitrogen and oxygen atoms in total. The highest BCUT2D eigenvalue weighted by Crippen LogP contribution is 2.36. The van der Waals surface area contributed by atoms with Gasteiger partial charge in [0.15, 0.2) is 17.7 Å². The molecule has 0 amide bonds. The van der Waals surface area contributed by atoms with Gasteiger partial charge >= 0.3 is 11.9 Å². The number of hydrogen-bond acceptors (Lipinski definition) is 12. The van der Waals surface area contributed by atoms with Gasteiger partial charge in [0.25, 0.3) is 5.60 Å². The Morgan fingerprint density at radius 1 is 1.14 bits per heavy atom. The normalized spacial score (nSPS) is 18.5. The molecule has 0 spiro atoms. The highest BCUT2D eigenvalue weighted by Gasteiger charge is 2.52. The fraction of sp³-hybridized carbons (Fsp3) is 0.448. The average Bonchev–Trinajstić information content (AvgIpc) is 3.67. The van der Waals surface area contributed by atoms with E-state index in [-0.39, 0.29) is 54.9 Å². The number of aryl methyl sites for hydroxylation is 2. The first-order valence-corrected chi connectivity index (χ1v) is 14.4. The molecule has 0 saturated carbocycles. The highest BCUT2D eigenvalue weighted by molar-refractivity contribution is 6.28. The van der Waals surface area contributed by atoms with E-state index < -0.39 is 36.0 Å². The molecule has 5 rings (SSSR count). The molecule has 4 aromatic rings. The lowest BCUT2D eigenvalue weighted by Crippen LogP contribution is -2.54. The zero-order chi connectivity index (χ0) is 31.6. The van der Waals surface area contributed by atoms with Crippen LogP contribution in [0.5, 0.6) is 0 Å². The Bertz CT molecular complexity index is 1620. The SMILES string of the molecule is CCOC(=O)C(Cc1ccc(-c2c(C)noc2C)cc1)(OCC1CC(F)C(n2cnc3c(N)nc(Cl)nc32)O1)C(=O)OCC. The van der Waals surface area contributed by atoms with E-state index in [1.54, 1.807) is 26.0 Å². The predicted octanol–water partition coefficient (Wildman–Crippen LogP) is 4.08. The summed E-state index contributed by atoms with van der Waals surface area (Å²) in [7, 11) is 0. The van der Waals surface area contributed by atoms with Crippen molar-refractivity contribution < 1.29 is 37.5 Å². The number of benzene rings is 1. The van der Waals surface area contributed by atoms with Crippen LogP contribution in [0.1, 0.15) is 43.5 Å². The maximum absolute atomic E-state index is 15.3. The van der Waals surface area contributed by atoms with Crippen molar-refractivity contribution in [3.8, 4) is 11.1 Å². The number of alkyl halides is 1. The van der Waals surface area contributed by atoms with Gasteiger partial charge in [-0.05, 0) is 50.4 Å². The van der Waals surface area contributed by atoms with Crippen LogP contribution in [-0.4, -0.2) is 74.3 Å². The van der Waals surface area contributed by atoms with E-state index >= 15 is 4.39 Å². The lowest BCUT2D eigenvalue weighted by Gasteiger charge is -2.30. The van der Waals surface area contributed by atoms with E-state index in [1.165, 1.54) is 10.9 Å². The van der Waals surface area contributed by atoms with Crippen molar-refractivity contribution in [2.45, 2.75) is 64.6 Å². The Morgan fingerprint density at radius 3 is 2.43 bits per heavy atom. The molecule has 4 heterocycles. The lowest BCUT2D eigenvalue weighted by atomic mass is 9.92. The molecule has 0 bridgehead atoms. The maximum Gasteiger partial charge on any atom is 0.350 e. The molecule has 0 aliphatic carbocycles. The second-order valence-corrected chi connectivity index (χ2v) is 10.6. The molecule has 1 aromatic carbocycles. The molecule has 2 N–H and O–H groups in total. The monoisotopic (exact) mass is 630 g/mol. The molecule has 3 aromatic heterocycles. The number of fused-ring (bicyclic) bond motifs is 1. The Balaban J connectivity index is 1.40. The lowest BCUT2D eigenvalue weighted by molar-refractivity contribution is -0.195.